The van der Waals surface area contributed by atoms with E-state index in [0.29, 0.717) is 23.9 Å². The van der Waals surface area contributed by atoms with Crippen LogP contribution in [0, 0.1) is 17.7 Å². The van der Waals surface area contributed by atoms with Crippen LogP contribution < -0.4 is 10.5 Å². The van der Waals surface area contributed by atoms with Gasteiger partial charge in [-0.2, -0.15) is 0 Å². The van der Waals surface area contributed by atoms with E-state index >= 15 is 0 Å². The Balaban J connectivity index is 0.00000176. The second-order valence-corrected chi connectivity index (χ2v) is 6.08. The summed E-state index contributed by atoms with van der Waals surface area (Å²) in [6, 6.07) is 4.56. The number of hydrogen-bond acceptors (Lipinski definition) is 3. The number of amides is 1. The van der Waals surface area contributed by atoms with Crippen LogP contribution in [-0.2, 0) is 0 Å². The molecule has 1 aromatic carbocycles. The molecule has 122 valence electrons. The van der Waals surface area contributed by atoms with E-state index < -0.39 is 5.82 Å². The zero-order valence-corrected chi connectivity index (χ0v) is 13.4. The quantitative estimate of drug-likeness (QED) is 0.907. The average Bonchev–Trinajstić information content (AvgIpc) is 2.92. The van der Waals surface area contributed by atoms with Crippen molar-refractivity contribution in [2.24, 2.45) is 17.6 Å². The molecular weight excluding hydrogens is 307 g/mol. The fourth-order valence-electron chi connectivity index (χ4n) is 3.66. The summed E-state index contributed by atoms with van der Waals surface area (Å²) >= 11 is 0. The highest BCUT2D eigenvalue weighted by molar-refractivity contribution is 5.94. The van der Waals surface area contributed by atoms with Crippen molar-refractivity contribution < 1.29 is 13.9 Å². The molecule has 3 rings (SSSR count). The van der Waals surface area contributed by atoms with Crippen LogP contribution >= 0.6 is 12.4 Å². The summed E-state index contributed by atoms with van der Waals surface area (Å²) in [5.41, 5.74) is 6.54. The zero-order valence-electron chi connectivity index (χ0n) is 12.6. The van der Waals surface area contributed by atoms with E-state index in [9.17, 15) is 9.18 Å². The Bertz CT molecular complexity index is 555. The van der Waals surface area contributed by atoms with E-state index in [0.717, 1.165) is 25.8 Å². The molecule has 1 aromatic rings. The van der Waals surface area contributed by atoms with E-state index in [-0.39, 0.29) is 30.1 Å². The third-order valence-electron chi connectivity index (χ3n) is 4.84. The van der Waals surface area contributed by atoms with Crippen molar-refractivity contribution in [3.63, 3.8) is 0 Å². The fourth-order valence-corrected chi connectivity index (χ4v) is 3.66. The lowest BCUT2D eigenvalue weighted by Gasteiger charge is -2.29. The highest BCUT2D eigenvalue weighted by Crippen LogP contribution is 2.36. The third kappa shape index (κ3) is 3.06. The lowest BCUT2D eigenvalue weighted by atomic mass is 9.78. The maximum absolute atomic E-state index is 13.7. The fraction of sp³-hybridized carbons (Fsp3) is 0.562. The minimum absolute atomic E-state index is 0. The van der Waals surface area contributed by atoms with Gasteiger partial charge in [0.2, 0.25) is 0 Å². The highest BCUT2D eigenvalue weighted by Gasteiger charge is 2.40. The number of nitrogens with two attached hydrogens (primary N) is 1. The van der Waals surface area contributed by atoms with Gasteiger partial charge in [-0.3, -0.25) is 4.79 Å². The minimum Gasteiger partial charge on any atom is -0.494 e. The number of methoxy groups -OCH3 is 1. The smallest absolute Gasteiger partial charge is 0.253 e. The van der Waals surface area contributed by atoms with Crippen LogP contribution in [0.25, 0.3) is 0 Å². The van der Waals surface area contributed by atoms with Crippen molar-refractivity contribution in [1.29, 1.82) is 0 Å². The molecule has 1 heterocycles. The Hall–Kier alpha value is -1.33. The summed E-state index contributed by atoms with van der Waals surface area (Å²) in [6.07, 6.45) is 3.32. The summed E-state index contributed by atoms with van der Waals surface area (Å²) in [5, 5.41) is 0. The summed E-state index contributed by atoms with van der Waals surface area (Å²) in [7, 11) is 1.41. The monoisotopic (exact) mass is 328 g/mol. The number of hydrogen-bond donors (Lipinski definition) is 1. The second-order valence-electron chi connectivity index (χ2n) is 6.08. The number of carbonyl (C=O) groups excluding carboxylic acids is 1. The molecule has 6 heteroatoms. The minimum atomic E-state index is -0.503. The Kier molecular flexibility index (Phi) is 5.29. The molecule has 1 aliphatic heterocycles. The van der Waals surface area contributed by atoms with Crippen molar-refractivity contribution in [1.82, 2.24) is 4.90 Å². The number of likely N-dealkylation sites (tertiary alicyclic amines) is 1. The summed E-state index contributed by atoms with van der Waals surface area (Å²) in [5.74, 6) is 0.435. The Morgan fingerprint density at radius 1 is 1.36 bits per heavy atom. The molecule has 22 heavy (non-hydrogen) atoms. The number of ether oxygens (including phenoxy) is 1. The number of nitrogens with zero attached hydrogens (tertiary/aromatic N) is 1. The highest BCUT2D eigenvalue weighted by atomic mass is 35.5. The molecule has 0 radical (unpaired) electrons. The maximum Gasteiger partial charge on any atom is 0.253 e. The van der Waals surface area contributed by atoms with Crippen LogP contribution in [0.1, 0.15) is 29.6 Å². The summed E-state index contributed by atoms with van der Waals surface area (Å²) < 4.78 is 18.6. The largest absolute Gasteiger partial charge is 0.494 e. The van der Waals surface area contributed by atoms with Crippen molar-refractivity contribution in [2.75, 3.05) is 20.2 Å². The molecule has 0 aromatic heterocycles. The normalized spacial score (nSPS) is 27.0. The first-order valence-electron chi connectivity index (χ1n) is 7.48. The first kappa shape index (κ1) is 17.0. The van der Waals surface area contributed by atoms with Gasteiger partial charge in [0.25, 0.3) is 5.91 Å². The van der Waals surface area contributed by atoms with Gasteiger partial charge in [0, 0.05) is 24.7 Å². The Labute approximate surface area is 136 Å². The summed E-state index contributed by atoms with van der Waals surface area (Å²) in [4.78, 5) is 14.3. The van der Waals surface area contributed by atoms with Crippen LogP contribution in [0.15, 0.2) is 18.2 Å². The van der Waals surface area contributed by atoms with Gasteiger partial charge in [-0.25, -0.2) is 4.39 Å². The standard InChI is InChI=1S/C16H21FN2O2.ClH/c1-21-15-6-5-10(7-13(15)17)16(20)19-8-11-3-2-4-14(18)12(11)9-19;/h5-7,11-12,14H,2-4,8-9,18H2,1H3;1H. The second kappa shape index (κ2) is 6.84. The van der Waals surface area contributed by atoms with Gasteiger partial charge in [0.15, 0.2) is 11.6 Å². The molecule has 0 bridgehead atoms. The van der Waals surface area contributed by atoms with Crippen LogP contribution in [-0.4, -0.2) is 37.0 Å². The maximum atomic E-state index is 13.7. The van der Waals surface area contributed by atoms with Gasteiger partial charge >= 0.3 is 0 Å². The molecule has 1 amide bonds. The first-order valence-corrected chi connectivity index (χ1v) is 7.48. The first-order chi connectivity index (χ1) is 10.1. The van der Waals surface area contributed by atoms with Gasteiger partial charge in [0.1, 0.15) is 0 Å². The van der Waals surface area contributed by atoms with Gasteiger partial charge in [-0.1, -0.05) is 6.42 Å². The van der Waals surface area contributed by atoms with Crippen LogP contribution in [0.3, 0.4) is 0 Å². The van der Waals surface area contributed by atoms with E-state index in [4.69, 9.17) is 10.5 Å². The molecule has 2 fully saturated rings. The van der Waals surface area contributed by atoms with Gasteiger partial charge in [0.05, 0.1) is 7.11 Å². The molecule has 0 spiro atoms. The summed E-state index contributed by atoms with van der Waals surface area (Å²) in [6.45, 7) is 1.43. The number of halogens is 2. The van der Waals surface area contributed by atoms with Crippen molar-refractivity contribution in [3.8, 4) is 5.75 Å². The lowest BCUT2D eigenvalue weighted by Crippen LogP contribution is -2.38. The molecule has 1 aliphatic carbocycles. The van der Waals surface area contributed by atoms with E-state index in [1.54, 1.807) is 6.07 Å². The number of rotatable bonds is 2. The SMILES string of the molecule is COc1ccc(C(=O)N2CC3CCCC(N)C3C2)cc1F.Cl. The molecule has 1 saturated carbocycles. The zero-order chi connectivity index (χ0) is 15.0. The van der Waals surface area contributed by atoms with Gasteiger partial charge in [-0.15, -0.1) is 12.4 Å². The predicted molar refractivity (Wildman–Crippen MR) is 84.9 cm³/mol. The van der Waals surface area contributed by atoms with E-state index in [1.165, 1.54) is 19.2 Å². The van der Waals surface area contributed by atoms with E-state index in [1.807, 2.05) is 4.90 Å². The number of benzene rings is 1. The van der Waals surface area contributed by atoms with Gasteiger partial charge in [-0.05, 0) is 42.9 Å². The molecule has 1 saturated heterocycles. The third-order valence-corrected chi connectivity index (χ3v) is 4.84. The van der Waals surface area contributed by atoms with Crippen LogP contribution in [0.2, 0.25) is 0 Å². The Morgan fingerprint density at radius 2 is 2.14 bits per heavy atom. The number of fused-ring (bicyclic) bond motifs is 1. The van der Waals surface area contributed by atoms with Crippen molar-refractivity contribution >= 4 is 18.3 Å². The molecule has 2 N–H and O–H groups in total. The van der Waals surface area contributed by atoms with Crippen LogP contribution in [0.4, 0.5) is 4.39 Å². The molecule has 4 nitrogen and oxygen atoms in total. The lowest BCUT2D eigenvalue weighted by molar-refractivity contribution is 0.0783. The number of carbonyl (C=O) groups is 1. The van der Waals surface area contributed by atoms with Gasteiger partial charge < -0.3 is 15.4 Å². The molecule has 2 aliphatic rings. The predicted octanol–water partition coefficient (Wildman–Crippen LogP) is 2.46. The molecular formula is C16H22ClFN2O2. The molecule has 3 atom stereocenters. The van der Waals surface area contributed by atoms with Crippen molar-refractivity contribution in [3.05, 3.63) is 29.6 Å². The molecule has 3 unspecified atom stereocenters. The van der Waals surface area contributed by atoms with E-state index in [2.05, 4.69) is 0 Å². The topological polar surface area (TPSA) is 55.6 Å². The van der Waals surface area contributed by atoms with Crippen LogP contribution in [0.5, 0.6) is 5.75 Å². The Morgan fingerprint density at radius 3 is 2.77 bits per heavy atom. The average molecular weight is 329 g/mol. The van der Waals surface area contributed by atoms with Crippen molar-refractivity contribution in [2.45, 2.75) is 25.3 Å².